The molecule has 1 saturated heterocycles. The number of anilines is 1. The molecule has 1 N–H and O–H groups in total. The Hall–Kier alpha value is -0.540. The molecule has 106 valence electrons. The molecule has 0 bridgehead atoms. The fourth-order valence-corrected chi connectivity index (χ4v) is 3.50. The van der Waals surface area contributed by atoms with Gasteiger partial charge in [0.1, 0.15) is 0 Å². The normalized spacial score (nSPS) is 21.1. The fraction of sp³-hybridized carbons (Fsp3) is 0.625. The molecule has 2 nitrogen and oxygen atoms in total. The van der Waals surface area contributed by atoms with Gasteiger partial charge >= 0.3 is 0 Å². The lowest BCUT2D eigenvalue weighted by Crippen LogP contribution is -2.27. The van der Waals surface area contributed by atoms with Crippen LogP contribution in [0.2, 0.25) is 0 Å². The van der Waals surface area contributed by atoms with Crippen LogP contribution >= 0.6 is 15.9 Å². The summed E-state index contributed by atoms with van der Waals surface area (Å²) in [6, 6.07) is 7.19. The van der Waals surface area contributed by atoms with Crippen LogP contribution in [0.1, 0.15) is 38.2 Å². The van der Waals surface area contributed by atoms with E-state index in [2.05, 4.69) is 58.2 Å². The fourth-order valence-electron chi connectivity index (χ4n) is 2.90. The second-order valence-electron chi connectivity index (χ2n) is 5.63. The number of benzene rings is 1. The largest absolute Gasteiger partial charge is 0.382 e. The standard InChI is InChI=1S/C16H25BrN2/c1-3-7-19-8-4-5-15(6-9-19)18-16-11-13(2)10-14(17)12-16/h10-12,15,18H,3-9H2,1-2H3. The molecule has 0 aromatic heterocycles. The minimum atomic E-state index is 0.621. The Kier molecular flexibility index (Phi) is 5.71. The third-order valence-electron chi connectivity index (χ3n) is 3.77. The van der Waals surface area contributed by atoms with Crippen molar-refractivity contribution in [3.8, 4) is 0 Å². The summed E-state index contributed by atoms with van der Waals surface area (Å²) in [4.78, 5) is 2.60. The number of nitrogens with one attached hydrogen (secondary N) is 1. The summed E-state index contributed by atoms with van der Waals surface area (Å²) in [5.74, 6) is 0. The summed E-state index contributed by atoms with van der Waals surface area (Å²) in [5, 5.41) is 3.71. The van der Waals surface area contributed by atoms with Crippen molar-refractivity contribution in [1.29, 1.82) is 0 Å². The molecule has 1 aromatic rings. The van der Waals surface area contributed by atoms with Gasteiger partial charge in [-0.3, -0.25) is 0 Å². The second kappa shape index (κ2) is 7.30. The number of likely N-dealkylation sites (tertiary alicyclic amines) is 1. The van der Waals surface area contributed by atoms with Gasteiger partial charge in [-0.2, -0.15) is 0 Å². The first-order valence-electron chi connectivity index (χ1n) is 7.43. The molecular weight excluding hydrogens is 300 g/mol. The van der Waals surface area contributed by atoms with Crippen LogP contribution in [-0.2, 0) is 0 Å². The van der Waals surface area contributed by atoms with Crippen LogP contribution in [0.3, 0.4) is 0 Å². The van der Waals surface area contributed by atoms with E-state index in [0.717, 1.165) is 4.47 Å². The molecule has 1 aromatic carbocycles. The maximum atomic E-state index is 3.71. The monoisotopic (exact) mass is 324 g/mol. The minimum absolute atomic E-state index is 0.621. The maximum Gasteiger partial charge on any atom is 0.0356 e. The Morgan fingerprint density at radius 3 is 2.84 bits per heavy atom. The smallest absolute Gasteiger partial charge is 0.0356 e. The van der Waals surface area contributed by atoms with E-state index in [1.807, 2.05) is 0 Å². The Bertz CT molecular complexity index is 385. The van der Waals surface area contributed by atoms with Gasteiger partial charge in [-0.15, -0.1) is 0 Å². The molecule has 1 aliphatic rings. The highest BCUT2D eigenvalue weighted by Gasteiger charge is 2.16. The van der Waals surface area contributed by atoms with Crippen LogP contribution in [0.5, 0.6) is 0 Å². The van der Waals surface area contributed by atoms with E-state index in [4.69, 9.17) is 0 Å². The van der Waals surface area contributed by atoms with Gasteiger partial charge in [0.15, 0.2) is 0 Å². The predicted octanol–water partition coefficient (Wildman–Crippen LogP) is 4.43. The molecule has 19 heavy (non-hydrogen) atoms. The molecule has 1 fully saturated rings. The average Bonchev–Trinajstić information content (AvgIpc) is 2.54. The zero-order chi connectivity index (χ0) is 13.7. The van der Waals surface area contributed by atoms with E-state index in [1.165, 1.54) is 56.6 Å². The molecule has 1 unspecified atom stereocenters. The summed E-state index contributed by atoms with van der Waals surface area (Å²) in [6.07, 6.45) is 5.12. The number of hydrogen-bond donors (Lipinski definition) is 1. The highest BCUT2D eigenvalue weighted by Crippen LogP contribution is 2.22. The van der Waals surface area contributed by atoms with Crippen molar-refractivity contribution >= 4 is 21.6 Å². The van der Waals surface area contributed by atoms with Crippen molar-refractivity contribution in [2.45, 2.75) is 45.6 Å². The molecule has 0 spiro atoms. The van der Waals surface area contributed by atoms with Gasteiger partial charge in [0.25, 0.3) is 0 Å². The molecular formula is C16H25BrN2. The third kappa shape index (κ3) is 4.81. The van der Waals surface area contributed by atoms with E-state index < -0.39 is 0 Å². The van der Waals surface area contributed by atoms with Crippen molar-refractivity contribution in [2.75, 3.05) is 25.0 Å². The molecule has 1 aliphatic heterocycles. The van der Waals surface area contributed by atoms with E-state index in [-0.39, 0.29) is 0 Å². The zero-order valence-electron chi connectivity index (χ0n) is 12.1. The predicted molar refractivity (Wildman–Crippen MR) is 86.9 cm³/mol. The van der Waals surface area contributed by atoms with Gasteiger partial charge in [0, 0.05) is 22.7 Å². The number of aryl methyl sites for hydroxylation is 1. The lowest BCUT2D eigenvalue weighted by Gasteiger charge is -2.20. The van der Waals surface area contributed by atoms with Gasteiger partial charge in [-0.25, -0.2) is 0 Å². The van der Waals surface area contributed by atoms with E-state index >= 15 is 0 Å². The number of rotatable bonds is 4. The van der Waals surface area contributed by atoms with Crippen molar-refractivity contribution < 1.29 is 0 Å². The van der Waals surface area contributed by atoms with Crippen molar-refractivity contribution in [3.63, 3.8) is 0 Å². The van der Waals surface area contributed by atoms with Crippen molar-refractivity contribution in [1.82, 2.24) is 4.90 Å². The van der Waals surface area contributed by atoms with Crippen LogP contribution in [0.4, 0.5) is 5.69 Å². The van der Waals surface area contributed by atoms with Crippen LogP contribution < -0.4 is 5.32 Å². The quantitative estimate of drug-likeness (QED) is 0.881. The van der Waals surface area contributed by atoms with Gasteiger partial charge < -0.3 is 10.2 Å². The number of hydrogen-bond acceptors (Lipinski definition) is 2. The number of halogens is 1. The highest BCUT2D eigenvalue weighted by molar-refractivity contribution is 9.10. The zero-order valence-corrected chi connectivity index (χ0v) is 13.7. The van der Waals surface area contributed by atoms with Gasteiger partial charge in [0.2, 0.25) is 0 Å². The molecule has 3 heteroatoms. The van der Waals surface area contributed by atoms with Gasteiger partial charge in [0.05, 0.1) is 0 Å². The molecule has 1 heterocycles. The Labute approximate surface area is 125 Å². The van der Waals surface area contributed by atoms with Crippen LogP contribution in [0.15, 0.2) is 22.7 Å². The molecule has 0 amide bonds. The minimum Gasteiger partial charge on any atom is -0.382 e. The summed E-state index contributed by atoms with van der Waals surface area (Å²) in [6.45, 7) is 8.17. The van der Waals surface area contributed by atoms with E-state index in [9.17, 15) is 0 Å². The Morgan fingerprint density at radius 2 is 2.11 bits per heavy atom. The molecule has 0 saturated carbocycles. The maximum absolute atomic E-state index is 3.71. The average molecular weight is 325 g/mol. The van der Waals surface area contributed by atoms with Gasteiger partial charge in [-0.05, 0) is 69.5 Å². The van der Waals surface area contributed by atoms with Crippen molar-refractivity contribution in [3.05, 3.63) is 28.2 Å². The second-order valence-corrected chi connectivity index (χ2v) is 6.55. The summed E-state index contributed by atoms with van der Waals surface area (Å²) < 4.78 is 1.16. The molecule has 2 rings (SSSR count). The van der Waals surface area contributed by atoms with Crippen LogP contribution in [0, 0.1) is 6.92 Å². The molecule has 0 radical (unpaired) electrons. The third-order valence-corrected chi connectivity index (χ3v) is 4.23. The molecule has 1 atom stereocenters. The van der Waals surface area contributed by atoms with Crippen LogP contribution in [-0.4, -0.2) is 30.6 Å². The van der Waals surface area contributed by atoms with E-state index in [1.54, 1.807) is 0 Å². The SMILES string of the molecule is CCCN1CCCC(Nc2cc(C)cc(Br)c2)CC1. The van der Waals surface area contributed by atoms with E-state index in [0.29, 0.717) is 6.04 Å². The first-order chi connectivity index (χ1) is 9.17. The lowest BCUT2D eigenvalue weighted by atomic mass is 10.1. The number of nitrogens with zero attached hydrogens (tertiary/aromatic N) is 1. The lowest BCUT2D eigenvalue weighted by molar-refractivity contribution is 0.285. The Morgan fingerprint density at radius 1 is 1.26 bits per heavy atom. The summed E-state index contributed by atoms with van der Waals surface area (Å²) >= 11 is 3.58. The summed E-state index contributed by atoms with van der Waals surface area (Å²) in [7, 11) is 0. The molecule has 0 aliphatic carbocycles. The topological polar surface area (TPSA) is 15.3 Å². The summed E-state index contributed by atoms with van der Waals surface area (Å²) in [5.41, 5.74) is 2.55. The first kappa shape index (κ1) is 14.9. The Balaban J connectivity index is 1.92. The first-order valence-corrected chi connectivity index (χ1v) is 8.22. The van der Waals surface area contributed by atoms with Crippen molar-refractivity contribution in [2.24, 2.45) is 0 Å². The van der Waals surface area contributed by atoms with Crippen LogP contribution in [0.25, 0.3) is 0 Å². The van der Waals surface area contributed by atoms with Gasteiger partial charge in [-0.1, -0.05) is 22.9 Å². The highest BCUT2D eigenvalue weighted by atomic mass is 79.9.